The van der Waals surface area contributed by atoms with Gasteiger partial charge in [-0.15, -0.1) is 0 Å². The van der Waals surface area contributed by atoms with E-state index in [4.69, 9.17) is 4.74 Å². The molecule has 0 aliphatic rings. The SMILES string of the molecule is COC(O)c1c(C)n[nH]c1Br. The van der Waals surface area contributed by atoms with Crippen molar-refractivity contribution < 1.29 is 9.84 Å². The summed E-state index contributed by atoms with van der Waals surface area (Å²) in [6.45, 7) is 1.79. The number of ether oxygens (including phenoxy) is 1. The second-order valence-corrected chi connectivity index (χ2v) is 2.92. The number of aryl methyl sites for hydroxylation is 1. The molecule has 0 fully saturated rings. The second kappa shape index (κ2) is 3.34. The lowest BCUT2D eigenvalue weighted by Gasteiger charge is -2.06. The number of aromatic nitrogens is 2. The third-order valence-electron chi connectivity index (χ3n) is 1.42. The van der Waals surface area contributed by atoms with Crippen molar-refractivity contribution in [3.05, 3.63) is 15.9 Å². The van der Waals surface area contributed by atoms with E-state index < -0.39 is 6.29 Å². The zero-order valence-electron chi connectivity index (χ0n) is 6.26. The molecule has 0 radical (unpaired) electrons. The molecule has 0 aliphatic heterocycles. The van der Waals surface area contributed by atoms with E-state index in [1.807, 2.05) is 0 Å². The Kier molecular flexibility index (Phi) is 2.64. The Morgan fingerprint density at radius 3 is 2.73 bits per heavy atom. The highest BCUT2D eigenvalue weighted by Gasteiger charge is 2.15. The molecular weight excluding hydrogens is 212 g/mol. The summed E-state index contributed by atoms with van der Waals surface area (Å²) in [5.41, 5.74) is 1.37. The molecule has 62 valence electrons. The fraction of sp³-hybridized carbons (Fsp3) is 0.500. The number of nitrogens with one attached hydrogen (secondary N) is 1. The van der Waals surface area contributed by atoms with Gasteiger partial charge in [-0.1, -0.05) is 0 Å². The summed E-state index contributed by atoms with van der Waals surface area (Å²) >= 11 is 3.20. The van der Waals surface area contributed by atoms with E-state index in [0.717, 1.165) is 5.69 Å². The Morgan fingerprint density at radius 2 is 2.36 bits per heavy atom. The quantitative estimate of drug-likeness (QED) is 0.735. The van der Waals surface area contributed by atoms with Crippen molar-refractivity contribution in [2.75, 3.05) is 7.11 Å². The molecular formula is C6H9BrN2O2. The molecule has 1 heterocycles. The summed E-state index contributed by atoms with van der Waals surface area (Å²) in [6, 6.07) is 0. The Labute approximate surface area is 72.7 Å². The molecule has 0 saturated heterocycles. The third kappa shape index (κ3) is 1.61. The van der Waals surface area contributed by atoms with Crippen molar-refractivity contribution in [1.82, 2.24) is 10.2 Å². The topological polar surface area (TPSA) is 58.1 Å². The molecule has 0 amide bonds. The average molecular weight is 221 g/mol. The minimum absolute atomic E-state index is 0.646. The van der Waals surface area contributed by atoms with Crippen LogP contribution in [0.1, 0.15) is 17.5 Å². The summed E-state index contributed by atoms with van der Waals surface area (Å²) in [5.74, 6) is 0. The number of aromatic amines is 1. The number of methoxy groups -OCH3 is 1. The van der Waals surface area contributed by atoms with Gasteiger partial charge in [0.25, 0.3) is 0 Å². The Morgan fingerprint density at radius 1 is 1.73 bits per heavy atom. The zero-order valence-corrected chi connectivity index (χ0v) is 7.84. The first-order chi connectivity index (χ1) is 5.16. The van der Waals surface area contributed by atoms with Crippen LogP contribution in [0.3, 0.4) is 0 Å². The van der Waals surface area contributed by atoms with Crippen molar-refractivity contribution in [3.63, 3.8) is 0 Å². The van der Waals surface area contributed by atoms with Crippen LogP contribution in [0.25, 0.3) is 0 Å². The van der Waals surface area contributed by atoms with Crippen LogP contribution in [-0.2, 0) is 4.74 Å². The van der Waals surface area contributed by atoms with Gasteiger partial charge in [-0.05, 0) is 22.9 Å². The molecule has 0 spiro atoms. The molecule has 0 bridgehead atoms. The number of hydrogen-bond acceptors (Lipinski definition) is 3. The van der Waals surface area contributed by atoms with E-state index in [2.05, 4.69) is 26.1 Å². The minimum atomic E-state index is -0.914. The number of rotatable bonds is 2. The molecule has 1 rings (SSSR count). The summed E-state index contributed by atoms with van der Waals surface area (Å²) in [7, 11) is 1.43. The van der Waals surface area contributed by atoms with Gasteiger partial charge in [0.05, 0.1) is 11.3 Å². The number of H-pyrrole nitrogens is 1. The number of hydrogen-bond donors (Lipinski definition) is 2. The molecule has 2 N–H and O–H groups in total. The van der Waals surface area contributed by atoms with Crippen LogP contribution >= 0.6 is 15.9 Å². The summed E-state index contributed by atoms with van der Waals surface area (Å²) < 4.78 is 5.38. The van der Waals surface area contributed by atoms with E-state index in [9.17, 15) is 5.11 Å². The number of nitrogens with zero attached hydrogens (tertiary/aromatic N) is 1. The van der Waals surface area contributed by atoms with E-state index in [0.29, 0.717) is 10.2 Å². The molecule has 1 atom stereocenters. The fourth-order valence-corrected chi connectivity index (χ4v) is 1.39. The molecule has 5 heteroatoms. The summed E-state index contributed by atoms with van der Waals surface area (Å²) in [6.07, 6.45) is -0.914. The second-order valence-electron chi connectivity index (χ2n) is 2.12. The van der Waals surface area contributed by atoms with Crippen LogP contribution in [0.15, 0.2) is 4.60 Å². The highest BCUT2D eigenvalue weighted by molar-refractivity contribution is 9.10. The predicted molar refractivity (Wildman–Crippen MR) is 43.0 cm³/mol. The first kappa shape index (κ1) is 8.70. The van der Waals surface area contributed by atoms with E-state index in [1.165, 1.54) is 7.11 Å². The van der Waals surface area contributed by atoms with Crippen LogP contribution in [-0.4, -0.2) is 22.4 Å². The standard InChI is InChI=1S/C6H9BrN2O2/c1-3-4(6(10)11-2)5(7)9-8-3/h6,10H,1-2H3,(H,8,9). The van der Waals surface area contributed by atoms with Crippen molar-refractivity contribution in [2.45, 2.75) is 13.2 Å². The van der Waals surface area contributed by atoms with Gasteiger partial charge >= 0.3 is 0 Å². The normalized spacial score (nSPS) is 13.5. The molecule has 1 aromatic rings. The Hall–Kier alpha value is -0.390. The van der Waals surface area contributed by atoms with Gasteiger partial charge < -0.3 is 9.84 Å². The maximum atomic E-state index is 9.27. The fourth-order valence-electron chi connectivity index (χ4n) is 0.817. The first-order valence-corrected chi connectivity index (χ1v) is 3.87. The van der Waals surface area contributed by atoms with Crippen molar-refractivity contribution in [2.24, 2.45) is 0 Å². The number of aliphatic hydroxyl groups is 1. The van der Waals surface area contributed by atoms with Gasteiger partial charge in [0.2, 0.25) is 0 Å². The largest absolute Gasteiger partial charge is 0.364 e. The lowest BCUT2D eigenvalue weighted by Crippen LogP contribution is -2.00. The van der Waals surface area contributed by atoms with E-state index in [1.54, 1.807) is 6.92 Å². The Bertz CT molecular complexity index is 229. The lowest BCUT2D eigenvalue weighted by molar-refractivity contribution is -0.0777. The average Bonchev–Trinajstić information content (AvgIpc) is 2.30. The molecule has 11 heavy (non-hydrogen) atoms. The minimum Gasteiger partial charge on any atom is -0.364 e. The van der Waals surface area contributed by atoms with Gasteiger partial charge in [0.1, 0.15) is 4.60 Å². The Balaban J connectivity index is 3.00. The smallest absolute Gasteiger partial charge is 0.185 e. The number of halogens is 1. The van der Waals surface area contributed by atoms with Gasteiger partial charge in [-0.25, -0.2) is 0 Å². The lowest BCUT2D eigenvalue weighted by atomic mass is 10.2. The van der Waals surface area contributed by atoms with Gasteiger partial charge in [-0.3, -0.25) is 5.10 Å². The number of aliphatic hydroxyl groups excluding tert-OH is 1. The van der Waals surface area contributed by atoms with Crippen LogP contribution in [0.2, 0.25) is 0 Å². The third-order valence-corrected chi connectivity index (χ3v) is 2.02. The van der Waals surface area contributed by atoms with E-state index in [-0.39, 0.29) is 0 Å². The van der Waals surface area contributed by atoms with Gasteiger partial charge in [0, 0.05) is 7.11 Å². The van der Waals surface area contributed by atoms with Crippen molar-refractivity contribution >= 4 is 15.9 Å². The predicted octanol–water partition coefficient (Wildman–Crippen LogP) is 1.12. The summed E-state index contributed by atoms with van der Waals surface area (Å²) in [4.78, 5) is 0. The van der Waals surface area contributed by atoms with Crippen molar-refractivity contribution in [3.8, 4) is 0 Å². The molecule has 1 aromatic heterocycles. The highest BCUT2D eigenvalue weighted by Crippen LogP contribution is 2.24. The monoisotopic (exact) mass is 220 g/mol. The molecule has 1 unspecified atom stereocenters. The summed E-state index contributed by atoms with van der Waals surface area (Å²) in [5, 5.41) is 15.8. The van der Waals surface area contributed by atoms with Crippen LogP contribution in [0.4, 0.5) is 0 Å². The van der Waals surface area contributed by atoms with Crippen LogP contribution < -0.4 is 0 Å². The maximum absolute atomic E-state index is 9.27. The molecule has 0 aliphatic carbocycles. The van der Waals surface area contributed by atoms with Crippen molar-refractivity contribution in [1.29, 1.82) is 0 Å². The molecule has 0 aromatic carbocycles. The zero-order chi connectivity index (χ0) is 8.43. The van der Waals surface area contributed by atoms with Gasteiger partial charge in [0.15, 0.2) is 6.29 Å². The first-order valence-electron chi connectivity index (χ1n) is 3.08. The van der Waals surface area contributed by atoms with Crippen LogP contribution in [0.5, 0.6) is 0 Å². The maximum Gasteiger partial charge on any atom is 0.185 e. The molecule has 4 nitrogen and oxygen atoms in total. The highest BCUT2D eigenvalue weighted by atomic mass is 79.9. The molecule has 0 saturated carbocycles. The van der Waals surface area contributed by atoms with Gasteiger partial charge in [-0.2, -0.15) is 5.10 Å². The van der Waals surface area contributed by atoms with E-state index >= 15 is 0 Å². The van der Waals surface area contributed by atoms with Crippen LogP contribution in [0, 0.1) is 6.92 Å².